The van der Waals surface area contributed by atoms with Crippen molar-refractivity contribution in [3.63, 3.8) is 0 Å². The van der Waals surface area contributed by atoms with Gasteiger partial charge in [-0.2, -0.15) is 0 Å². The molecular formula is C12H21N3O4. The molecule has 108 valence electrons. The number of nitrogens with one attached hydrogen (secondary N) is 1. The molecule has 2 amide bonds. The second kappa shape index (κ2) is 5.56. The first kappa shape index (κ1) is 15.4. The van der Waals surface area contributed by atoms with Gasteiger partial charge >= 0.3 is 5.97 Å². The summed E-state index contributed by atoms with van der Waals surface area (Å²) in [4.78, 5) is 36.1. The van der Waals surface area contributed by atoms with Crippen molar-refractivity contribution in [3.8, 4) is 0 Å². The van der Waals surface area contributed by atoms with Gasteiger partial charge in [-0.1, -0.05) is 20.8 Å². The summed E-state index contributed by atoms with van der Waals surface area (Å²) in [5, 5.41) is 11.4. The lowest BCUT2D eigenvalue weighted by molar-refractivity contribution is -0.150. The summed E-state index contributed by atoms with van der Waals surface area (Å²) in [7, 11) is 0. The predicted octanol–water partition coefficient (Wildman–Crippen LogP) is -0.838. The Morgan fingerprint density at radius 1 is 1.53 bits per heavy atom. The highest BCUT2D eigenvalue weighted by atomic mass is 16.4. The molecule has 1 aliphatic heterocycles. The number of amides is 2. The zero-order valence-electron chi connectivity index (χ0n) is 11.5. The van der Waals surface area contributed by atoms with Crippen LogP contribution in [0.5, 0.6) is 0 Å². The van der Waals surface area contributed by atoms with Gasteiger partial charge in [-0.05, 0) is 5.41 Å². The van der Waals surface area contributed by atoms with Gasteiger partial charge in [-0.3, -0.25) is 14.4 Å². The van der Waals surface area contributed by atoms with Gasteiger partial charge in [0.05, 0.1) is 12.5 Å². The summed E-state index contributed by atoms with van der Waals surface area (Å²) in [5.74, 6) is -1.94. The van der Waals surface area contributed by atoms with Crippen LogP contribution in [0.4, 0.5) is 0 Å². The molecule has 2 unspecified atom stereocenters. The maximum absolute atomic E-state index is 12.3. The van der Waals surface area contributed by atoms with E-state index in [4.69, 9.17) is 10.8 Å². The Bertz CT molecular complexity index is 389. The van der Waals surface area contributed by atoms with Crippen molar-refractivity contribution in [2.24, 2.45) is 11.1 Å². The summed E-state index contributed by atoms with van der Waals surface area (Å²) in [6.45, 7) is 6.08. The first-order valence-corrected chi connectivity index (χ1v) is 6.20. The number of nitrogens with two attached hydrogens (primary N) is 1. The van der Waals surface area contributed by atoms with Crippen molar-refractivity contribution in [2.75, 3.05) is 13.1 Å². The van der Waals surface area contributed by atoms with Crippen molar-refractivity contribution in [3.05, 3.63) is 0 Å². The highest BCUT2D eigenvalue weighted by molar-refractivity contribution is 5.93. The molecule has 1 saturated heterocycles. The minimum atomic E-state index is -1.12. The van der Waals surface area contributed by atoms with Crippen LogP contribution >= 0.6 is 0 Å². The number of carbonyl (C=O) groups is 3. The van der Waals surface area contributed by atoms with E-state index in [1.165, 1.54) is 4.90 Å². The number of piperazine rings is 1. The standard InChI is InChI=1S/C12H21N3O4/c1-12(2,3)9(13)11(19)15-5-4-14-10(18)7(15)6-8(16)17/h7,9H,4-6,13H2,1-3H3,(H,14,18)(H,16,17). The minimum absolute atomic E-state index is 0.284. The number of carboxylic acid groups (broad SMARTS) is 1. The second-order valence-corrected chi connectivity index (χ2v) is 5.78. The van der Waals surface area contributed by atoms with Crippen LogP contribution in [-0.2, 0) is 14.4 Å². The van der Waals surface area contributed by atoms with Crippen LogP contribution in [0.15, 0.2) is 0 Å². The highest BCUT2D eigenvalue weighted by Crippen LogP contribution is 2.21. The highest BCUT2D eigenvalue weighted by Gasteiger charge is 2.39. The quantitative estimate of drug-likeness (QED) is 0.619. The van der Waals surface area contributed by atoms with Crippen LogP contribution in [0.1, 0.15) is 27.2 Å². The predicted molar refractivity (Wildman–Crippen MR) is 68.2 cm³/mol. The van der Waals surface area contributed by atoms with E-state index >= 15 is 0 Å². The SMILES string of the molecule is CC(C)(C)C(N)C(=O)N1CCNC(=O)C1CC(=O)O. The zero-order valence-corrected chi connectivity index (χ0v) is 11.5. The van der Waals surface area contributed by atoms with Crippen LogP contribution in [-0.4, -0.2) is 53.0 Å². The fourth-order valence-electron chi connectivity index (χ4n) is 1.90. The number of carbonyl (C=O) groups excluding carboxylic acids is 2. The third-order valence-electron chi connectivity index (χ3n) is 3.18. The Labute approximate surface area is 112 Å². The summed E-state index contributed by atoms with van der Waals surface area (Å²) in [5.41, 5.74) is 5.45. The van der Waals surface area contributed by atoms with Crippen molar-refractivity contribution in [1.82, 2.24) is 10.2 Å². The van der Waals surface area contributed by atoms with Crippen molar-refractivity contribution >= 4 is 17.8 Å². The Kier molecular flexibility index (Phi) is 4.52. The molecule has 1 rings (SSSR count). The maximum Gasteiger partial charge on any atom is 0.305 e. The molecule has 4 N–H and O–H groups in total. The molecule has 0 saturated carbocycles. The molecule has 7 nitrogen and oxygen atoms in total. The molecule has 0 spiro atoms. The van der Waals surface area contributed by atoms with E-state index in [2.05, 4.69) is 5.32 Å². The number of nitrogens with zero attached hydrogens (tertiary/aromatic N) is 1. The lowest BCUT2D eigenvalue weighted by atomic mass is 9.86. The van der Waals surface area contributed by atoms with E-state index in [1.807, 2.05) is 20.8 Å². The van der Waals surface area contributed by atoms with Crippen molar-refractivity contribution in [1.29, 1.82) is 0 Å². The molecule has 1 fully saturated rings. The fraction of sp³-hybridized carbons (Fsp3) is 0.750. The first-order chi connectivity index (χ1) is 8.64. The molecule has 1 aliphatic rings. The van der Waals surface area contributed by atoms with Crippen LogP contribution in [0.3, 0.4) is 0 Å². The zero-order chi connectivity index (χ0) is 14.8. The summed E-state index contributed by atoms with van der Waals surface area (Å²) in [6.07, 6.45) is -0.408. The molecular weight excluding hydrogens is 250 g/mol. The molecule has 19 heavy (non-hydrogen) atoms. The van der Waals surface area contributed by atoms with Crippen molar-refractivity contribution < 1.29 is 19.5 Å². The van der Waals surface area contributed by atoms with Gasteiger partial charge in [-0.25, -0.2) is 0 Å². The van der Waals surface area contributed by atoms with Crippen LogP contribution < -0.4 is 11.1 Å². The molecule has 2 atom stereocenters. The Morgan fingerprint density at radius 3 is 2.58 bits per heavy atom. The van der Waals surface area contributed by atoms with E-state index in [9.17, 15) is 14.4 Å². The fourth-order valence-corrected chi connectivity index (χ4v) is 1.90. The second-order valence-electron chi connectivity index (χ2n) is 5.78. The largest absolute Gasteiger partial charge is 0.481 e. The normalized spacial score (nSPS) is 21.8. The van der Waals surface area contributed by atoms with Crippen molar-refractivity contribution in [2.45, 2.75) is 39.3 Å². The Balaban J connectivity index is 2.91. The molecule has 1 heterocycles. The summed E-state index contributed by atoms with van der Waals surface area (Å²) >= 11 is 0. The molecule has 0 aromatic heterocycles. The van der Waals surface area contributed by atoms with Crippen LogP contribution in [0.25, 0.3) is 0 Å². The number of hydrogen-bond acceptors (Lipinski definition) is 4. The van der Waals surface area contributed by atoms with Gasteiger partial charge in [-0.15, -0.1) is 0 Å². The lowest BCUT2D eigenvalue weighted by Crippen LogP contribution is -2.62. The molecule has 0 aromatic carbocycles. The summed E-state index contributed by atoms with van der Waals surface area (Å²) in [6, 6.07) is -1.75. The topological polar surface area (TPSA) is 113 Å². The third kappa shape index (κ3) is 3.66. The van der Waals surface area contributed by atoms with E-state index in [0.29, 0.717) is 6.54 Å². The number of rotatable bonds is 3. The van der Waals surface area contributed by atoms with Gasteiger partial charge in [0.2, 0.25) is 11.8 Å². The third-order valence-corrected chi connectivity index (χ3v) is 3.18. The van der Waals surface area contributed by atoms with E-state index in [1.54, 1.807) is 0 Å². The molecule has 0 aliphatic carbocycles. The smallest absolute Gasteiger partial charge is 0.305 e. The van der Waals surface area contributed by atoms with Crippen LogP contribution in [0, 0.1) is 5.41 Å². The first-order valence-electron chi connectivity index (χ1n) is 6.20. The average molecular weight is 271 g/mol. The minimum Gasteiger partial charge on any atom is -0.481 e. The monoisotopic (exact) mass is 271 g/mol. The summed E-state index contributed by atoms with van der Waals surface area (Å²) < 4.78 is 0. The van der Waals surface area contributed by atoms with E-state index < -0.39 is 35.8 Å². The average Bonchev–Trinajstić information content (AvgIpc) is 2.28. The molecule has 0 bridgehead atoms. The number of aliphatic carboxylic acids is 1. The van der Waals surface area contributed by atoms with Gasteiger partial charge in [0.25, 0.3) is 0 Å². The molecule has 7 heteroatoms. The lowest BCUT2D eigenvalue weighted by Gasteiger charge is -2.38. The van der Waals surface area contributed by atoms with E-state index in [-0.39, 0.29) is 12.5 Å². The Hall–Kier alpha value is -1.63. The number of hydrogen-bond donors (Lipinski definition) is 3. The van der Waals surface area contributed by atoms with Gasteiger partial charge < -0.3 is 21.1 Å². The van der Waals surface area contributed by atoms with Gasteiger partial charge in [0.1, 0.15) is 6.04 Å². The van der Waals surface area contributed by atoms with Crippen LogP contribution in [0.2, 0.25) is 0 Å². The molecule has 0 radical (unpaired) electrons. The van der Waals surface area contributed by atoms with Gasteiger partial charge in [0, 0.05) is 13.1 Å². The van der Waals surface area contributed by atoms with Gasteiger partial charge in [0.15, 0.2) is 0 Å². The molecule has 0 aromatic rings. The van der Waals surface area contributed by atoms with E-state index in [0.717, 1.165) is 0 Å². The number of carboxylic acids is 1. The Morgan fingerprint density at radius 2 is 2.11 bits per heavy atom. The maximum atomic E-state index is 12.3.